The molecule has 1 N–H and O–H groups in total. The van der Waals surface area contributed by atoms with Gasteiger partial charge in [-0.2, -0.15) is 25.5 Å². The maximum Gasteiger partial charge on any atom is 0.238 e. The maximum absolute atomic E-state index is 9.14. The molecule has 1 aromatic carbocycles. The van der Waals surface area contributed by atoms with E-state index < -0.39 is 0 Å². The van der Waals surface area contributed by atoms with Gasteiger partial charge >= 0.3 is 0 Å². The first kappa shape index (κ1) is 14.7. The molecule has 3 rings (SSSR count). The van der Waals surface area contributed by atoms with E-state index in [4.69, 9.17) is 10.5 Å². The summed E-state index contributed by atoms with van der Waals surface area (Å²) in [6.07, 6.45) is 3.40. The average molecular weight is 305 g/mol. The second-order valence-corrected chi connectivity index (χ2v) is 5.26. The second kappa shape index (κ2) is 6.71. The van der Waals surface area contributed by atoms with Gasteiger partial charge in [-0.3, -0.25) is 0 Å². The van der Waals surface area contributed by atoms with Crippen molar-refractivity contribution >= 4 is 17.6 Å². The van der Waals surface area contributed by atoms with Gasteiger partial charge in [-0.05, 0) is 37.5 Å². The molecule has 1 aliphatic heterocycles. The van der Waals surface area contributed by atoms with Crippen molar-refractivity contribution in [3.63, 3.8) is 0 Å². The highest BCUT2D eigenvalue weighted by Gasteiger charge is 2.16. The number of anilines is 3. The SMILES string of the molecule is N#Cc1cccc(Nc2nc(C#N)nc(N3CCCCC3)n2)c1. The number of nitrogens with zero attached hydrogens (tertiary/aromatic N) is 6. The van der Waals surface area contributed by atoms with Crippen LogP contribution in [0.3, 0.4) is 0 Å². The van der Waals surface area contributed by atoms with E-state index in [0.29, 0.717) is 23.1 Å². The third kappa shape index (κ3) is 3.53. The summed E-state index contributed by atoms with van der Waals surface area (Å²) in [6.45, 7) is 1.77. The third-order valence-corrected chi connectivity index (χ3v) is 3.61. The number of nitrogens with one attached hydrogen (secondary N) is 1. The Hall–Kier alpha value is -3.19. The minimum absolute atomic E-state index is 0.0829. The average Bonchev–Trinajstić information content (AvgIpc) is 2.62. The topological polar surface area (TPSA) is 102 Å². The van der Waals surface area contributed by atoms with Crippen molar-refractivity contribution in [3.8, 4) is 12.1 Å². The summed E-state index contributed by atoms with van der Waals surface area (Å²) >= 11 is 0. The lowest BCUT2D eigenvalue weighted by Crippen LogP contribution is -2.31. The molecular formula is C16H15N7. The highest BCUT2D eigenvalue weighted by Crippen LogP contribution is 2.19. The Kier molecular flexibility index (Phi) is 4.30. The fourth-order valence-electron chi connectivity index (χ4n) is 2.50. The molecule has 7 nitrogen and oxygen atoms in total. The van der Waals surface area contributed by atoms with E-state index in [2.05, 4.69) is 31.2 Å². The molecule has 1 aliphatic rings. The van der Waals surface area contributed by atoms with Gasteiger partial charge in [0.25, 0.3) is 0 Å². The van der Waals surface area contributed by atoms with Crippen LogP contribution >= 0.6 is 0 Å². The van der Waals surface area contributed by atoms with Gasteiger partial charge in [-0.15, -0.1) is 0 Å². The van der Waals surface area contributed by atoms with Crippen molar-refractivity contribution in [1.82, 2.24) is 15.0 Å². The minimum atomic E-state index is 0.0829. The Morgan fingerprint density at radius 3 is 2.57 bits per heavy atom. The summed E-state index contributed by atoms with van der Waals surface area (Å²) in [7, 11) is 0. The van der Waals surface area contributed by atoms with E-state index in [1.165, 1.54) is 6.42 Å². The Balaban J connectivity index is 1.89. The summed E-state index contributed by atoms with van der Waals surface area (Å²) < 4.78 is 0. The summed E-state index contributed by atoms with van der Waals surface area (Å²) in [4.78, 5) is 14.8. The van der Waals surface area contributed by atoms with Gasteiger partial charge in [0.2, 0.25) is 17.7 Å². The molecule has 0 amide bonds. The number of rotatable bonds is 3. The van der Waals surface area contributed by atoms with E-state index >= 15 is 0 Å². The molecule has 0 bridgehead atoms. The quantitative estimate of drug-likeness (QED) is 0.928. The van der Waals surface area contributed by atoms with Crippen molar-refractivity contribution in [2.24, 2.45) is 0 Å². The molecule has 7 heteroatoms. The molecule has 1 saturated heterocycles. The van der Waals surface area contributed by atoms with E-state index in [0.717, 1.165) is 25.9 Å². The fraction of sp³-hybridized carbons (Fsp3) is 0.312. The van der Waals surface area contributed by atoms with Crippen LogP contribution in [0.1, 0.15) is 30.7 Å². The molecule has 114 valence electrons. The van der Waals surface area contributed by atoms with Gasteiger partial charge in [0, 0.05) is 18.8 Å². The van der Waals surface area contributed by atoms with Gasteiger partial charge in [0.1, 0.15) is 6.07 Å². The molecule has 2 aromatic rings. The lowest BCUT2D eigenvalue weighted by Gasteiger charge is -2.26. The predicted octanol–water partition coefficient (Wildman–Crippen LogP) is 2.35. The zero-order chi connectivity index (χ0) is 16.1. The van der Waals surface area contributed by atoms with Gasteiger partial charge < -0.3 is 10.2 Å². The first-order valence-electron chi connectivity index (χ1n) is 7.47. The highest BCUT2D eigenvalue weighted by molar-refractivity contribution is 5.57. The van der Waals surface area contributed by atoms with E-state index in [1.54, 1.807) is 18.2 Å². The zero-order valence-electron chi connectivity index (χ0n) is 12.5. The smallest absolute Gasteiger partial charge is 0.238 e. The van der Waals surface area contributed by atoms with Crippen molar-refractivity contribution in [2.45, 2.75) is 19.3 Å². The largest absolute Gasteiger partial charge is 0.341 e. The Labute approximate surface area is 134 Å². The lowest BCUT2D eigenvalue weighted by molar-refractivity contribution is 0.567. The highest BCUT2D eigenvalue weighted by atomic mass is 15.3. The number of hydrogen-bond acceptors (Lipinski definition) is 7. The number of benzene rings is 1. The monoisotopic (exact) mass is 305 g/mol. The van der Waals surface area contributed by atoms with Crippen LogP contribution in [-0.4, -0.2) is 28.0 Å². The number of hydrogen-bond donors (Lipinski definition) is 1. The molecular weight excluding hydrogens is 290 g/mol. The van der Waals surface area contributed by atoms with Gasteiger partial charge in [0.15, 0.2) is 0 Å². The number of nitriles is 2. The summed E-state index contributed by atoms with van der Waals surface area (Å²) in [5.74, 6) is 0.918. The number of piperidine rings is 1. The van der Waals surface area contributed by atoms with Crippen LogP contribution in [0.25, 0.3) is 0 Å². The Bertz CT molecular complexity index is 782. The number of aromatic nitrogens is 3. The van der Waals surface area contributed by atoms with Crippen LogP contribution in [0, 0.1) is 22.7 Å². The molecule has 0 unspecified atom stereocenters. The van der Waals surface area contributed by atoms with Crippen molar-refractivity contribution in [3.05, 3.63) is 35.7 Å². The molecule has 0 atom stereocenters. The summed E-state index contributed by atoms with van der Waals surface area (Å²) in [6, 6.07) is 11.1. The van der Waals surface area contributed by atoms with E-state index in [1.807, 2.05) is 12.1 Å². The third-order valence-electron chi connectivity index (χ3n) is 3.61. The Morgan fingerprint density at radius 2 is 1.83 bits per heavy atom. The molecule has 0 aliphatic carbocycles. The second-order valence-electron chi connectivity index (χ2n) is 5.26. The predicted molar refractivity (Wildman–Crippen MR) is 85.0 cm³/mol. The molecule has 23 heavy (non-hydrogen) atoms. The van der Waals surface area contributed by atoms with Crippen molar-refractivity contribution < 1.29 is 0 Å². The van der Waals surface area contributed by atoms with Crippen LogP contribution < -0.4 is 10.2 Å². The molecule has 0 saturated carbocycles. The van der Waals surface area contributed by atoms with Crippen LogP contribution in [0.5, 0.6) is 0 Å². The molecule has 1 fully saturated rings. The molecule has 0 radical (unpaired) electrons. The zero-order valence-corrected chi connectivity index (χ0v) is 12.5. The van der Waals surface area contributed by atoms with Crippen LogP contribution in [0.15, 0.2) is 24.3 Å². The summed E-state index contributed by atoms with van der Waals surface area (Å²) in [5.41, 5.74) is 1.24. The van der Waals surface area contributed by atoms with Crippen LogP contribution in [-0.2, 0) is 0 Å². The summed E-state index contributed by atoms with van der Waals surface area (Å²) in [5, 5.41) is 21.1. The normalized spacial score (nSPS) is 13.9. The van der Waals surface area contributed by atoms with Crippen molar-refractivity contribution in [2.75, 3.05) is 23.3 Å². The van der Waals surface area contributed by atoms with E-state index in [-0.39, 0.29) is 5.82 Å². The maximum atomic E-state index is 9.14. The molecule has 0 spiro atoms. The van der Waals surface area contributed by atoms with Gasteiger partial charge in [-0.25, -0.2) is 0 Å². The van der Waals surface area contributed by atoms with Gasteiger partial charge in [-0.1, -0.05) is 6.07 Å². The molecule has 2 heterocycles. The minimum Gasteiger partial charge on any atom is -0.341 e. The molecule has 1 aromatic heterocycles. The van der Waals surface area contributed by atoms with Gasteiger partial charge in [0.05, 0.1) is 11.6 Å². The fourth-order valence-corrected chi connectivity index (χ4v) is 2.50. The van der Waals surface area contributed by atoms with Crippen molar-refractivity contribution in [1.29, 1.82) is 10.5 Å². The lowest BCUT2D eigenvalue weighted by atomic mass is 10.1. The first-order chi connectivity index (χ1) is 11.3. The van der Waals surface area contributed by atoms with E-state index in [9.17, 15) is 0 Å². The van der Waals surface area contributed by atoms with Crippen LogP contribution in [0.2, 0.25) is 0 Å². The van der Waals surface area contributed by atoms with Crippen LogP contribution in [0.4, 0.5) is 17.6 Å². The standard InChI is InChI=1S/C16H15N7/c17-10-12-5-4-6-13(9-12)19-15-20-14(11-18)21-16(22-15)23-7-2-1-3-8-23/h4-6,9H,1-3,7-8H2,(H,19,20,21,22). The Morgan fingerprint density at radius 1 is 1.00 bits per heavy atom. The first-order valence-corrected chi connectivity index (χ1v) is 7.47.